The van der Waals surface area contributed by atoms with Gasteiger partial charge in [0.05, 0.1) is 26.5 Å². The lowest BCUT2D eigenvalue weighted by molar-refractivity contribution is -0.112. The van der Waals surface area contributed by atoms with Gasteiger partial charge in [0.1, 0.15) is 0 Å². The van der Waals surface area contributed by atoms with Crippen LogP contribution < -0.4 is 5.32 Å². The summed E-state index contributed by atoms with van der Waals surface area (Å²) < 4.78 is 16.7. The molecule has 1 aliphatic heterocycles. The molecule has 0 saturated heterocycles. The molecule has 0 saturated carbocycles. The molecule has 0 aliphatic carbocycles. The fraction of sp³-hybridized carbons (Fsp3) is 0.0476. The van der Waals surface area contributed by atoms with Gasteiger partial charge in [0.2, 0.25) is 0 Å². The molecule has 0 radical (unpaired) electrons. The topological polar surface area (TPSA) is 106 Å². The SMILES string of the molecule is C[S@@](=O)(=NC(=O)c1cncc(-c2ccc3c(c2)C(=O)C(=O)N3)c1)c1ccccc1. The van der Waals surface area contributed by atoms with Gasteiger partial charge in [-0.15, -0.1) is 0 Å². The fourth-order valence-electron chi connectivity index (χ4n) is 2.97. The average molecular weight is 405 g/mol. The molecule has 3 aromatic rings. The zero-order chi connectivity index (χ0) is 20.6. The lowest BCUT2D eigenvalue weighted by Crippen LogP contribution is -2.12. The van der Waals surface area contributed by atoms with Gasteiger partial charge in [-0.05, 0) is 35.9 Å². The summed E-state index contributed by atoms with van der Waals surface area (Å²) in [5.41, 5.74) is 2.09. The van der Waals surface area contributed by atoms with Crippen LogP contribution in [0, 0.1) is 0 Å². The number of aromatic nitrogens is 1. The number of carbonyl (C=O) groups is 3. The molecule has 29 heavy (non-hydrogen) atoms. The molecule has 0 unspecified atom stereocenters. The van der Waals surface area contributed by atoms with Gasteiger partial charge in [-0.25, -0.2) is 4.21 Å². The van der Waals surface area contributed by atoms with Gasteiger partial charge in [-0.3, -0.25) is 19.4 Å². The Morgan fingerprint density at radius 3 is 2.52 bits per heavy atom. The largest absolute Gasteiger partial charge is 0.318 e. The van der Waals surface area contributed by atoms with E-state index < -0.39 is 27.3 Å². The van der Waals surface area contributed by atoms with Crippen molar-refractivity contribution in [3.05, 3.63) is 78.1 Å². The number of amides is 2. The summed E-state index contributed by atoms with van der Waals surface area (Å²) in [4.78, 5) is 40.6. The van der Waals surface area contributed by atoms with E-state index in [1.165, 1.54) is 18.6 Å². The standard InChI is InChI=1S/C21H15N3O4S/c1-29(28,16-5-3-2-4-6-16)24-20(26)15-9-14(11-22-12-15)13-7-8-18-17(10-13)19(25)21(27)23-18/h2-12H,1H3,(H,23,25,27)/t29-/m0/s1. The molecule has 1 atom stereocenters. The zero-order valence-corrected chi connectivity index (χ0v) is 16.1. The van der Waals surface area contributed by atoms with Crippen LogP contribution in [0.25, 0.3) is 11.1 Å². The summed E-state index contributed by atoms with van der Waals surface area (Å²) in [5.74, 6) is -1.92. The summed E-state index contributed by atoms with van der Waals surface area (Å²) in [5, 5.41) is 2.49. The van der Waals surface area contributed by atoms with Crippen molar-refractivity contribution >= 4 is 33.0 Å². The van der Waals surface area contributed by atoms with E-state index in [0.29, 0.717) is 21.7 Å². The van der Waals surface area contributed by atoms with E-state index in [1.54, 1.807) is 54.6 Å². The van der Waals surface area contributed by atoms with E-state index >= 15 is 0 Å². The van der Waals surface area contributed by atoms with Crippen molar-refractivity contribution in [1.29, 1.82) is 0 Å². The van der Waals surface area contributed by atoms with Crippen molar-refractivity contribution in [2.75, 3.05) is 11.6 Å². The molecule has 1 aliphatic rings. The van der Waals surface area contributed by atoms with Gasteiger partial charge in [-0.2, -0.15) is 4.36 Å². The van der Waals surface area contributed by atoms with Crippen LogP contribution in [0.2, 0.25) is 0 Å². The number of nitrogens with one attached hydrogen (secondary N) is 1. The molecule has 0 spiro atoms. The highest BCUT2D eigenvalue weighted by atomic mass is 32.2. The number of pyridine rings is 1. The molecule has 4 rings (SSSR count). The minimum atomic E-state index is -2.90. The van der Waals surface area contributed by atoms with Crippen LogP contribution in [-0.4, -0.2) is 33.0 Å². The van der Waals surface area contributed by atoms with Crippen LogP contribution in [0.5, 0.6) is 0 Å². The fourth-order valence-corrected chi connectivity index (χ4v) is 4.16. The van der Waals surface area contributed by atoms with Crippen molar-refractivity contribution in [3.63, 3.8) is 0 Å². The van der Waals surface area contributed by atoms with Crippen LogP contribution in [0.1, 0.15) is 20.7 Å². The number of hydrogen-bond donors (Lipinski definition) is 1. The molecular formula is C21H15N3O4S. The minimum absolute atomic E-state index is 0.175. The number of ketones is 1. The van der Waals surface area contributed by atoms with E-state index in [-0.39, 0.29) is 11.1 Å². The third kappa shape index (κ3) is 3.57. The number of Topliss-reactive ketones (excluding diaryl/α,β-unsaturated/α-hetero) is 1. The molecule has 144 valence electrons. The second-order valence-electron chi connectivity index (χ2n) is 6.52. The van der Waals surface area contributed by atoms with Gasteiger partial charge < -0.3 is 5.32 Å². The van der Waals surface area contributed by atoms with E-state index in [4.69, 9.17) is 0 Å². The van der Waals surface area contributed by atoms with E-state index in [1.807, 2.05) is 0 Å². The number of anilines is 1. The van der Waals surface area contributed by atoms with Crippen LogP contribution in [-0.2, 0) is 14.5 Å². The molecule has 1 N–H and O–H groups in total. The first-order valence-corrected chi connectivity index (χ1v) is 10.5. The number of fused-ring (bicyclic) bond motifs is 1. The number of rotatable bonds is 3. The maximum atomic E-state index is 12.8. The molecule has 2 aromatic carbocycles. The number of carbonyl (C=O) groups excluding carboxylic acids is 3. The average Bonchev–Trinajstić information content (AvgIpc) is 3.02. The third-order valence-corrected chi connectivity index (χ3v) is 6.14. The van der Waals surface area contributed by atoms with Crippen LogP contribution in [0.4, 0.5) is 5.69 Å². The lowest BCUT2D eigenvalue weighted by Gasteiger charge is -2.06. The Hall–Kier alpha value is -3.65. The Kier molecular flexibility index (Phi) is 4.56. The Bertz CT molecular complexity index is 1290. The minimum Gasteiger partial charge on any atom is -0.318 e. The highest BCUT2D eigenvalue weighted by Gasteiger charge is 2.28. The summed E-state index contributed by atoms with van der Waals surface area (Å²) >= 11 is 0. The van der Waals surface area contributed by atoms with Crippen molar-refractivity contribution in [2.45, 2.75) is 4.90 Å². The van der Waals surface area contributed by atoms with Crippen LogP contribution in [0.15, 0.2) is 76.2 Å². The highest BCUT2D eigenvalue weighted by molar-refractivity contribution is 7.93. The van der Waals surface area contributed by atoms with Crippen molar-refractivity contribution in [1.82, 2.24) is 4.98 Å². The Balaban J connectivity index is 1.69. The van der Waals surface area contributed by atoms with E-state index in [9.17, 15) is 18.6 Å². The molecule has 2 amide bonds. The van der Waals surface area contributed by atoms with Gasteiger partial charge in [-0.1, -0.05) is 24.3 Å². The van der Waals surface area contributed by atoms with Crippen molar-refractivity contribution < 1.29 is 18.6 Å². The van der Waals surface area contributed by atoms with E-state index in [2.05, 4.69) is 14.7 Å². The van der Waals surface area contributed by atoms with Gasteiger partial charge in [0.15, 0.2) is 0 Å². The second-order valence-corrected chi connectivity index (χ2v) is 8.78. The van der Waals surface area contributed by atoms with Crippen LogP contribution in [0.3, 0.4) is 0 Å². The number of hydrogen-bond acceptors (Lipinski definition) is 5. The Morgan fingerprint density at radius 1 is 1.00 bits per heavy atom. The molecule has 0 bridgehead atoms. The zero-order valence-electron chi connectivity index (χ0n) is 15.3. The predicted octanol–water partition coefficient (Wildman–Crippen LogP) is 3.18. The van der Waals surface area contributed by atoms with E-state index in [0.717, 1.165) is 0 Å². The van der Waals surface area contributed by atoms with Gasteiger partial charge >= 0.3 is 0 Å². The molecule has 1 aromatic heterocycles. The molecule has 0 fully saturated rings. The molecule has 8 heteroatoms. The molecular weight excluding hydrogens is 390 g/mol. The Morgan fingerprint density at radius 2 is 1.76 bits per heavy atom. The molecule has 7 nitrogen and oxygen atoms in total. The maximum absolute atomic E-state index is 12.8. The lowest BCUT2D eigenvalue weighted by atomic mass is 10.0. The smallest absolute Gasteiger partial charge is 0.296 e. The summed E-state index contributed by atoms with van der Waals surface area (Å²) in [6.45, 7) is 0. The van der Waals surface area contributed by atoms with Gasteiger partial charge in [0.25, 0.3) is 17.6 Å². The first kappa shape index (κ1) is 18.7. The summed E-state index contributed by atoms with van der Waals surface area (Å²) in [6, 6.07) is 15.0. The number of benzene rings is 2. The van der Waals surface area contributed by atoms with Crippen molar-refractivity contribution in [2.24, 2.45) is 4.36 Å². The number of nitrogens with zero attached hydrogens (tertiary/aromatic N) is 2. The molecule has 2 heterocycles. The first-order chi connectivity index (χ1) is 13.8. The van der Waals surface area contributed by atoms with Gasteiger partial charge in [0, 0.05) is 29.1 Å². The van der Waals surface area contributed by atoms with Crippen LogP contribution >= 0.6 is 0 Å². The van der Waals surface area contributed by atoms with Crippen molar-refractivity contribution in [3.8, 4) is 11.1 Å². The predicted molar refractivity (Wildman–Crippen MR) is 108 cm³/mol. The Labute approximate surface area is 167 Å². The quantitative estimate of drug-likeness (QED) is 0.674. The first-order valence-electron chi connectivity index (χ1n) is 8.62. The third-order valence-electron chi connectivity index (χ3n) is 4.47. The summed E-state index contributed by atoms with van der Waals surface area (Å²) in [6.07, 6.45) is 4.29. The second kappa shape index (κ2) is 7.06. The normalized spacial score (nSPS) is 14.7. The summed E-state index contributed by atoms with van der Waals surface area (Å²) in [7, 11) is -2.90. The highest BCUT2D eigenvalue weighted by Crippen LogP contribution is 2.29. The monoisotopic (exact) mass is 405 g/mol. The maximum Gasteiger partial charge on any atom is 0.296 e.